The molecule has 0 atom stereocenters. The Bertz CT molecular complexity index is 1700. The molecule has 0 spiro atoms. The maximum absolute atomic E-state index is 13.0. The molecule has 0 aliphatic rings. The fraction of sp³-hybridized carbons (Fsp3) is 0.107. The highest BCUT2D eigenvalue weighted by Gasteiger charge is 2.28. The smallest absolute Gasteiger partial charge is 0.343 e. The van der Waals surface area contributed by atoms with Crippen LogP contribution in [0.2, 0.25) is 0 Å². The summed E-state index contributed by atoms with van der Waals surface area (Å²) in [6, 6.07) is 22.3. The van der Waals surface area contributed by atoms with Gasteiger partial charge >= 0.3 is 26.2 Å². The topological polar surface area (TPSA) is 133 Å². The first kappa shape index (κ1) is 27.7. The molecule has 39 heavy (non-hydrogen) atoms. The molecule has 1 N–H and O–H groups in total. The Hall–Kier alpha value is -4.35. The molecule has 202 valence electrons. The van der Waals surface area contributed by atoms with Crippen molar-refractivity contribution in [3.05, 3.63) is 113 Å². The molecule has 0 unspecified atom stereocenters. The van der Waals surface area contributed by atoms with Crippen LogP contribution >= 0.6 is 0 Å². The first-order valence-corrected chi connectivity index (χ1v) is 14.4. The van der Waals surface area contributed by atoms with E-state index in [0.29, 0.717) is 5.56 Å². The number of carbonyl (C=O) groups is 1. The third-order valence-corrected chi connectivity index (χ3v) is 8.03. The van der Waals surface area contributed by atoms with Gasteiger partial charge in [-0.1, -0.05) is 65.7 Å². The van der Waals surface area contributed by atoms with Gasteiger partial charge in [-0.05, 0) is 43.7 Å². The normalized spacial score (nSPS) is 11.5. The largest absolute Gasteiger partial charge is 0.488 e. The zero-order valence-corrected chi connectivity index (χ0v) is 22.5. The number of ether oxygens (including phenoxy) is 1. The quantitative estimate of drug-likeness (QED) is 0.259. The van der Waals surface area contributed by atoms with Gasteiger partial charge in [0, 0.05) is 12.1 Å². The summed E-state index contributed by atoms with van der Waals surface area (Å²) in [6.07, 6.45) is 0. The van der Waals surface area contributed by atoms with Crippen LogP contribution in [0.15, 0.2) is 101 Å². The van der Waals surface area contributed by atoms with Crippen molar-refractivity contribution >= 4 is 26.2 Å². The van der Waals surface area contributed by atoms with Crippen molar-refractivity contribution < 1.29 is 39.8 Å². The number of benzene rings is 4. The van der Waals surface area contributed by atoms with Crippen LogP contribution < -0.4 is 13.1 Å². The highest BCUT2D eigenvalue weighted by atomic mass is 32.2. The van der Waals surface area contributed by atoms with Gasteiger partial charge in [0.05, 0.1) is 0 Å². The SMILES string of the molecule is Cc1ccc(S(=O)(=O)Oc2cc(OCc3ccccc3)c(C(=O)O)c(OS(=O)(=O)c3ccc(C)cc3)c2)cc1. The molecule has 0 saturated carbocycles. The van der Waals surface area contributed by atoms with Crippen LogP contribution in [0.3, 0.4) is 0 Å². The van der Waals surface area contributed by atoms with E-state index < -0.39 is 43.3 Å². The van der Waals surface area contributed by atoms with Crippen molar-refractivity contribution in [2.45, 2.75) is 30.2 Å². The standard InChI is InChI=1S/C28H24O9S2/c1-19-8-12-23(13-9-19)38(31,32)36-22-16-25(35-18-21-6-4-3-5-7-21)27(28(29)30)26(17-22)37-39(33,34)24-14-10-20(2)11-15-24/h3-17H,18H2,1-2H3,(H,29,30). The molecule has 0 saturated heterocycles. The lowest BCUT2D eigenvalue weighted by molar-refractivity contribution is 0.0689. The number of aryl methyl sites for hydroxylation is 2. The number of hydrogen-bond acceptors (Lipinski definition) is 8. The average molecular weight is 569 g/mol. The number of carboxylic acids is 1. The highest BCUT2D eigenvalue weighted by molar-refractivity contribution is 7.87. The Morgan fingerprint density at radius 3 is 1.69 bits per heavy atom. The van der Waals surface area contributed by atoms with Crippen molar-refractivity contribution in [2.24, 2.45) is 0 Å². The fourth-order valence-electron chi connectivity index (χ4n) is 3.49. The molecule has 0 aliphatic heterocycles. The van der Waals surface area contributed by atoms with Crippen LogP contribution in [0.1, 0.15) is 27.0 Å². The summed E-state index contributed by atoms with van der Waals surface area (Å²) in [5.74, 6) is -2.99. The minimum absolute atomic E-state index is 0.0978. The third-order valence-electron chi connectivity index (χ3n) is 5.52. The van der Waals surface area contributed by atoms with E-state index in [1.165, 1.54) is 24.3 Å². The van der Waals surface area contributed by atoms with E-state index in [0.717, 1.165) is 23.3 Å². The molecule has 0 bridgehead atoms. The molecule has 4 aromatic carbocycles. The van der Waals surface area contributed by atoms with Gasteiger partial charge in [0.25, 0.3) is 0 Å². The molecule has 11 heteroatoms. The summed E-state index contributed by atoms with van der Waals surface area (Å²) in [6.45, 7) is 3.46. The Kier molecular flexibility index (Phi) is 7.93. The Balaban J connectivity index is 1.79. The van der Waals surface area contributed by atoms with E-state index in [-0.39, 0.29) is 22.1 Å². The van der Waals surface area contributed by atoms with E-state index in [4.69, 9.17) is 13.1 Å². The second-order valence-electron chi connectivity index (χ2n) is 8.57. The predicted octanol–water partition coefficient (Wildman–Crippen LogP) is 5.12. The van der Waals surface area contributed by atoms with Gasteiger partial charge < -0.3 is 18.2 Å². The first-order valence-electron chi connectivity index (χ1n) is 11.5. The molecular formula is C28H24O9S2. The summed E-state index contributed by atoms with van der Waals surface area (Å²) >= 11 is 0. The van der Waals surface area contributed by atoms with Gasteiger partial charge in [0.2, 0.25) is 0 Å². The average Bonchev–Trinajstić information content (AvgIpc) is 2.87. The highest BCUT2D eigenvalue weighted by Crippen LogP contribution is 2.37. The van der Waals surface area contributed by atoms with E-state index in [1.54, 1.807) is 68.4 Å². The fourth-order valence-corrected chi connectivity index (χ4v) is 5.34. The summed E-state index contributed by atoms with van der Waals surface area (Å²) < 4.78 is 68.1. The van der Waals surface area contributed by atoms with Gasteiger partial charge in [-0.15, -0.1) is 0 Å². The number of carboxylic acid groups (broad SMARTS) is 1. The molecule has 0 amide bonds. The van der Waals surface area contributed by atoms with Crippen LogP contribution in [-0.2, 0) is 26.8 Å². The van der Waals surface area contributed by atoms with Crippen molar-refractivity contribution in [1.29, 1.82) is 0 Å². The lowest BCUT2D eigenvalue weighted by Crippen LogP contribution is -2.15. The molecular weight excluding hydrogens is 544 g/mol. The second kappa shape index (κ2) is 11.2. The van der Waals surface area contributed by atoms with Crippen LogP contribution in [0.5, 0.6) is 17.2 Å². The van der Waals surface area contributed by atoms with Crippen LogP contribution in [0, 0.1) is 13.8 Å². The number of rotatable bonds is 10. The van der Waals surface area contributed by atoms with E-state index >= 15 is 0 Å². The molecule has 0 heterocycles. The minimum Gasteiger partial charge on any atom is -0.488 e. The molecule has 4 aromatic rings. The molecule has 9 nitrogen and oxygen atoms in total. The van der Waals surface area contributed by atoms with Crippen LogP contribution in [0.25, 0.3) is 0 Å². The van der Waals surface area contributed by atoms with Gasteiger partial charge in [-0.3, -0.25) is 0 Å². The van der Waals surface area contributed by atoms with Crippen molar-refractivity contribution in [2.75, 3.05) is 0 Å². The van der Waals surface area contributed by atoms with Crippen LogP contribution in [0.4, 0.5) is 0 Å². The monoisotopic (exact) mass is 568 g/mol. The lowest BCUT2D eigenvalue weighted by Gasteiger charge is -2.16. The molecule has 0 aliphatic carbocycles. The van der Waals surface area contributed by atoms with Gasteiger partial charge in [-0.25, -0.2) is 4.79 Å². The second-order valence-corrected chi connectivity index (χ2v) is 11.7. The Morgan fingerprint density at radius 2 is 1.18 bits per heavy atom. The maximum atomic E-state index is 13.0. The van der Waals surface area contributed by atoms with Gasteiger partial charge in [0.15, 0.2) is 5.75 Å². The zero-order chi connectivity index (χ0) is 28.2. The molecule has 0 aromatic heterocycles. The van der Waals surface area contributed by atoms with E-state index in [9.17, 15) is 26.7 Å². The van der Waals surface area contributed by atoms with Crippen molar-refractivity contribution in [1.82, 2.24) is 0 Å². The molecule has 0 fully saturated rings. The first-order chi connectivity index (χ1) is 18.4. The minimum atomic E-state index is -4.51. The summed E-state index contributed by atoms with van der Waals surface area (Å²) in [5.41, 5.74) is 1.69. The zero-order valence-electron chi connectivity index (χ0n) is 20.9. The molecule has 0 radical (unpaired) electrons. The predicted molar refractivity (Wildman–Crippen MR) is 142 cm³/mol. The lowest BCUT2D eigenvalue weighted by atomic mass is 10.1. The third kappa shape index (κ3) is 6.75. The van der Waals surface area contributed by atoms with E-state index in [2.05, 4.69) is 0 Å². The number of hydrogen-bond donors (Lipinski definition) is 1. The van der Waals surface area contributed by atoms with E-state index in [1.807, 2.05) is 0 Å². The van der Waals surface area contributed by atoms with Crippen molar-refractivity contribution in [3.8, 4) is 17.2 Å². The van der Waals surface area contributed by atoms with Gasteiger partial charge in [-0.2, -0.15) is 16.8 Å². The van der Waals surface area contributed by atoms with Crippen molar-refractivity contribution in [3.63, 3.8) is 0 Å². The molecule has 4 rings (SSSR count). The summed E-state index contributed by atoms with van der Waals surface area (Å²) in [7, 11) is -8.88. The Morgan fingerprint density at radius 1 is 0.692 bits per heavy atom. The summed E-state index contributed by atoms with van der Waals surface area (Å²) in [5, 5.41) is 9.96. The van der Waals surface area contributed by atoms with Crippen LogP contribution in [-0.4, -0.2) is 27.9 Å². The number of aromatic carboxylic acids is 1. The van der Waals surface area contributed by atoms with Gasteiger partial charge in [0.1, 0.15) is 33.5 Å². The Labute approximate surface area is 226 Å². The summed E-state index contributed by atoms with van der Waals surface area (Å²) in [4.78, 5) is 11.9. The maximum Gasteiger partial charge on any atom is 0.343 e.